The Balaban J connectivity index is 1.93. The fourth-order valence-corrected chi connectivity index (χ4v) is 4.52. The van der Waals surface area contributed by atoms with E-state index in [0.717, 1.165) is 30.4 Å². The first-order chi connectivity index (χ1) is 11.5. The van der Waals surface area contributed by atoms with Crippen LogP contribution in [0.1, 0.15) is 36.8 Å². The minimum atomic E-state index is -3.50. The molecular weight excluding hydrogens is 324 g/mol. The molecule has 0 spiro atoms. The summed E-state index contributed by atoms with van der Waals surface area (Å²) < 4.78 is 30.6. The summed E-state index contributed by atoms with van der Waals surface area (Å²) in [5, 5.41) is 0. The van der Waals surface area contributed by atoms with Crippen LogP contribution in [0, 0.1) is 0 Å². The SMILES string of the molecule is CC(=O)OCC1CCCc2cc(S(=O)(=O)c3ccccc3)ccc21. The topological polar surface area (TPSA) is 60.4 Å². The normalized spacial score (nSPS) is 17.1. The number of ether oxygens (including phenoxy) is 1. The van der Waals surface area contributed by atoms with Crippen molar-refractivity contribution in [3.8, 4) is 0 Å². The van der Waals surface area contributed by atoms with Gasteiger partial charge in [0.25, 0.3) is 0 Å². The van der Waals surface area contributed by atoms with Crippen LogP contribution in [0.15, 0.2) is 58.3 Å². The van der Waals surface area contributed by atoms with Crippen LogP contribution in [-0.4, -0.2) is 21.0 Å². The highest BCUT2D eigenvalue weighted by molar-refractivity contribution is 7.91. The molecule has 126 valence electrons. The summed E-state index contributed by atoms with van der Waals surface area (Å²) >= 11 is 0. The van der Waals surface area contributed by atoms with Crippen LogP contribution >= 0.6 is 0 Å². The molecule has 4 nitrogen and oxygen atoms in total. The van der Waals surface area contributed by atoms with Crippen LogP contribution in [0.2, 0.25) is 0 Å². The molecule has 0 saturated heterocycles. The summed E-state index contributed by atoms with van der Waals surface area (Å²) in [7, 11) is -3.50. The highest BCUT2D eigenvalue weighted by Crippen LogP contribution is 2.34. The van der Waals surface area contributed by atoms with Crippen LogP contribution in [0.3, 0.4) is 0 Å². The maximum atomic E-state index is 12.7. The average Bonchev–Trinajstić information content (AvgIpc) is 2.60. The number of aryl methyl sites for hydroxylation is 1. The first-order valence-corrected chi connectivity index (χ1v) is 9.53. The Labute approximate surface area is 142 Å². The number of carbonyl (C=O) groups excluding carboxylic acids is 1. The minimum absolute atomic E-state index is 0.145. The van der Waals surface area contributed by atoms with E-state index in [9.17, 15) is 13.2 Å². The van der Waals surface area contributed by atoms with Crippen molar-refractivity contribution in [2.45, 2.75) is 41.9 Å². The van der Waals surface area contributed by atoms with Crippen LogP contribution in [0.5, 0.6) is 0 Å². The Bertz CT molecular complexity index is 841. The third-order valence-corrected chi connectivity index (χ3v) is 6.17. The third kappa shape index (κ3) is 3.36. The van der Waals surface area contributed by atoms with Gasteiger partial charge >= 0.3 is 5.97 Å². The summed E-state index contributed by atoms with van der Waals surface area (Å²) in [5.41, 5.74) is 2.13. The number of carbonyl (C=O) groups is 1. The molecule has 0 amide bonds. The molecule has 0 heterocycles. The molecule has 0 aliphatic heterocycles. The van der Waals surface area contributed by atoms with Gasteiger partial charge in [-0.15, -0.1) is 0 Å². The Hall–Kier alpha value is -2.14. The second-order valence-corrected chi connectivity index (χ2v) is 8.02. The molecule has 0 radical (unpaired) electrons. The molecule has 0 bridgehead atoms. The highest BCUT2D eigenvalue weighted by atomic mass is 32.2. The molecule has 24 heavy (non-hydrogen) atoms. The molecule has 2 aromatic rings. The predicted octanol–water partition coefficient (Wildman–Crippen LogP) is 3.50. The number of hydrogen-bond donors (Lipinski definition) is 0. The lowest BCUT2D eigenvalue weighted by Gasteiger charge is -2.25. The molecule has 0 aromatic heterocycles. The van der Waals surface area contributed by atoms with E-state index in [1.54, 1.807) is 42.5 Å². The van der Waals surface area contributed by atoms with Gasteiger partial charge in [-0.1, -0.05) is 24.3 Å². The third-order valence-electron chi connectivity index (χ3n) is 4.40. The van der Waals surface area contributed by atoms with Gasteiger partial charge < -0.3 is 4.74 Å². The lowest BCUT2D eigenvalue weighted by atomic mass is 9.83. The Morgan fingerprint density at radius 3 is 2.58 bits per heavy atom. The van der Waals surface area contributed by atoms with E-state index in [1.807, 2.05) is 6.07 Å². The number of benzene rings is 2. The van der Waals surface area contributed by atoms with E-state index in [2.05, 4.69) is 0 Å². The number of sulfone groups is 1. The number of rotatable bonds is 4. The molecule has 0 saturated carbocycles. The Morgan fingerprint density at radius 2 is 1.88 bits per heavy atom. The van der Waals surface area contributed by atoms with Crippen molar-refractivity contribution in [3.05, 3.63) is 59.7 Å². The number of hydrogen-bond acceptors (Lipinski definition) is 4. The van der Waals surface area contributed by atoms with E-state index in [0.29, 0.717) is 16.4 Å². The average molecular weight is 344 g/mol. The van der Waals surface area contributed by atoms with E-state index < -0.39 is 9.84 Å². The fourth-order valence-electron chi connectivity index (χ4n) is 3.19. The summed E-state index contributed by atoms with van der Waals surface area (Å²) in [6.45, 7) is 1.76. The standard InChI is InChI=1S/C19H20O4S/c1-14(20)23-13-16-7-5-6-15-12-18(10-11-19(15)16)24(21,22)17-8-3-2-4-9-17/h2-4,8-12,16H,5-7,13H2,1H3. The second kappa shape index (κ2) is 6.77. The Kier molecular flexibility index (Phi) is 4.71. The van der Waals surface area contributed by atoms with Crippen LogP contribution in [0.25, 0.3) is 0 Å². The van der Waals surface area contributed by atoms with Gasteiger partial charge in [-0.05, 0) is 54.7 Å². The van der Waals surface area contributed by atoms with Crippen molar-refractivity contribution < 1.29 is 17.9 Å². The molecular formula is C19H20O4S. The van der Waals surface area contributed by atoms with Crippen LogP contribution in [0.4, 0.5) is 0 Å². The van der Waals surface area contributed by atoms with Crippen LogP contribution < -0.4 is 0 Å². The summed E-state index contributed by atoms with van der Waals surface area (Å²) in [6.07, 6.45) is 2.77. The molecule has 5 heteroatoms. The first-order valence-electron chi connectivity index (χ1n) is 8.05. The van der Waals surface area contributed by atoms with Gasteiger partial charge in [0.2, 0.25) is 9.84 Å². The van der Waals surface area contributed by atoms with Gasteiger partial charge in [-0.3, -0.25) is 4.79 Å². The minimum Gasteiger partial charge on any atom is -0.465 e. The summed E-state index contributed by atoms with van der Waals surface area (Å²) in [4.78, 5) is 11.7. The lowest BCUT2D eigenvalue weighted by Crippen LogP contribution is -2.17. The van der Waals surface area contributed by atoms with E-state index in [1.165, 1.54) is 6.92 Å². The maximum Gasteiger partial charge on any atom is 0.302 e. The van der Waals surface area contributed by atoms with E-state index in [4.69, 9.17) is 4.74 Å². The van der Waals surface area contributed by atoms with Crippen molar-refractivity contribution in [1.82, 2.24) is 0 Å². The Morgan fingerprint density at radius 1 is 1.12 bits per heavy atom. The number of fused-ring (bicyclic) bond motifs is 1. The van der Waals surface area contributed by atoms with Crippen molar-refractivity contribution in [2.75, 3.05) is 6.61 Å². The largest absolute Gasteiger partial charge is 0.465 e. The van der Waals surface area contributed by atoms with Crippen molar-refractivity contribution >= 4 is 15.8 Å². The smallest absolute Gasteiger partial charge is 0.302 e. The molecule has 1 aliphatic rings. The molecule has 1 atom stereocenters. The van der Waals surface area contributed by atoms with Gasteiger partial charge in [0.1, 0.15) is 0 Å². The summed E-state index contributed by atoms with van der Waals surface area (Å²) in [6, 6.07) is 13.8. The monoisotopic (exact) mass is 344 g/mol. The zero-order valence-corrected chi connectivity index (χ0v) is 14.4. The number of esters is 1. The van der Waals surface area contributed by atoms with Crippen molar-refractivity contribution in [1.29, 1.82) is 0 Å². The fraction of sp³-hybridized carbons (Fsp3) is 0.316. The molecule has 1 unspecified atom stereocenters. The molecule has 1 aliphatic carbocycles. The highest BCUT2D eigenvalue weighted by Gasteiger charge is 2.24. The van der Waals surface area contributed by atoms with E-state index >= 15 is 0 Å². The van der Waals surface area contributed by atoms with E-state index in [-0.39, 0.29) is 11.9 Å². The maximum absolute atomic E-state index is 12.7. The predicted molar refractivity (Wildman–Crippen MR) is 90.6 cm³/mol. The molecule has 0 N–H and O–H groups in total. The van der Waals surface area contributed by atoms with Crippen molar-refractivity contribution in [2.24, 2.45) is 0 Å². The van der Waals surface area contributed by atoms with Gasteiger partial charge in [0.15, 0.2) is 0 Å². The zero-order chi connectivity index (χ0) is 17.2. The second-order valence-electron chi connectivity index (χ2n) is 6.07. The zero-order valence-electron chi connectivity index (χ0n) is 13.6. The molecule has 3 rings (SSSR count). The quantitative estimate of drug-likeness (QED) is 0.797. The molecule has 0 fully saturated rings. The first kappa shape index (κ1) is 16.7. The van der Waals surface area contributed by atoms with Gasteiger partial charge in [0.05, 0.1) is 16.4 Å². The van der Waals surface area contributed by atoms with Gasteiger partial charge in [-0.2, -0.15) is 0 Å². The summed E-state index contributed by atoms with van der Waals surface area (Å²) in [5.74, 6) is -0.142. The lowest BCUT2D eigenvalue weighted by molar-refractivity contribution is -0.141. The van der Waals surface area contributed by atoms with Crippen molar-refractivity contribution in [3.63, 3.8) is 0 Å². The molecule has 2 aromatic carbocycles. The van der Waals surface area contributed by atoms with Gasteiger partial charge in [0, 0.05) is 12.8 Å². The van der Waals surface area contributed by atoms with Crippen LogP contribution in [-0.2, 0) is 25.8 Å². The van der Waals surface area contributed by atoms with Gasteiger partial charge in [-0.25, -0.2) is 8.42 Å².